The zero-order valence-electron chi connectivity index (χ0n) is 12.2. The van der Waals surface area contributed by atoms with E-state index in [2.05, 4.69) is 10.2 Å². The Morgan fingerprint density at radius 3 is 2.61 bits per heavy atom. The van der Waals surface area contributed by atoms with Gasteiger partial charge in [0, 0.05) is 17.1 Å². The number of hydrogen-bond acceptors (Lipinski definition) is 8. The molecule has 2 saturated heterocycles. The first-order chi connectivity index (χ1) is 11.2. The number of rotatable bonds is 3. The Kier molecular flexibility index (Phi) is 3.94. The van der Waals surface area contributed by atoms with Crippen molar-refractivity contribution in [2.75, 3.05) is 29.3 Å². The Balaban J connectivity index is 1.65. The molecule has 1 spiro atoms. The van der Waals surface area contributed by atoms with Crippen LogP contribution in [0, 0.1) is 0 Å². The number of amides is 1. The highest BCUT2D eigenvalue weighted by Crippen LogP contribution is 2.58. The van der Waals surface area contributed by atoms with E-state index in [1.165, 1.54) is 0 Å². The molecule has 2 fully saturated rings. The molecule has 23 heavy (non-hydrogen) atoms. The Hall–Kier alpha value is -1.32. The second-order valence-corrected chi connectivity index (χ2v) is 9.38. The Morgan fingerprint density at radius 2 is 1.91 bits per heavy atom. The number of ether oxygens (including phenoxy) is 1. The topological polar surface area (TPSA) is 68.5 Å². The first-order valence-electron chi connectivity index (χ1n) is 6.95. The standard InChI is InChI=1S/C14H13N3O3S3/c1-19-10-4-2-9(3-5-10)12-15-16-13(20-12)17-11(18)8-23-14(17)21-6-7-22-14/h2-5H,6-8H2,1H3. The van der Waals surface area contributed by atoms with E-state index < -0.39 is 0 Å². The maximum Gasteiger partial charge on any atom is 0.327 e. The van der Waals surface area contributed by atoms with E-state index in [0.29, 0.717) is 11.6 Å². The lowest BCUT2D eigenvalue weighted by atomic mass is 10.2. The third kappa shape index (κ3) is 2.60. The van der Waals surface area contributed by atoms with E-state index in [4.69, 9.17) is 9.15 Å². The average Bonchev–Trinajstić information content (AvgIpc) is 3.30. The predicted molar refractivity (Wildman–Crippen MR) is 93.9 cm³/mol. The quantitative estimate of drug-likeness (QED) is 0.820. The summed E-state index contributed by atoms with van der Waals surface area (Å²) in [7, 11) is 1.62. The molecule has 120 valence electrons. The highest BCUT2D eigenvalue weighted by Gasteiger charge is 2.52. The second kappa shape index (κ2) is 5.95. The molecule has 9 heteroatoms. The Labute approximate surface area is 145 Å². The number of aromatic nitrogens is 2. The van der Waals surface area contributed by atoms with Gasteiger partial charge in [-0.2, -0.15) is 0 Å². The van der Waals surface area contributed by atoms with Crippen LogP contribution < -0.4 is 9.64 Å². The predicted octanol–water partition coefficient (Wildman–Crippen LogP) is 2.92. The fraction of sp³-hybridized carbons (Fsp3) is 0.357. The fourth-order valence-electron chi connectivity index (χ4n) is 2.41. The van der Waals surface area contributed by atoms with Gasteiger partial charge in [0.1, 0.15) is 5.75 Å². The highest BCUT2D eigenvalue weighted by molar-refractivity contribution is 8.36. The number of carbonyl (C=O) groups excluding carboxylic acids is 1. The van der Waals surface area contributed by atoms with Crippen molar-refractivity contribution >= 4 is 47.2 Å². The molecular formula is C14H13N3O3S3. The van der Waals surface area contributed by atoms with Crippen molar-refractivity contribution in [2.24, 2.45) is 0 Å². The van der Waals surface area contributed by atoms with Crippen LogP contribution in [-0.2, 0) is 4.79 Å². The molecular weight excluding hydrogens is 354 g/mol. The van der Waals surface area contributed by atoms with Crippen LogP contribution in [0.4, 0.5) is 6.01 Å². The van der Waals surface area contributed by atoms with E-state index >= 15 is 0 Å². The summed E-state index contributed by atoms with van der Waals surface area (Å²) in [5.74, 6) is 3.65. The van der Waals surface area contributed by atoms with E-state index in [-0.39, 0.29) is 15.5 Å². The molecule has 4 rings (SSSR count). The van der Waals surface area contributed by atoms with Crippen LogP contribution in [-0.4, -0.2) is 44.0 Å². The summed E-state index contributed by atoms with van der Waals surface area (Å²) in [4.78, 5) is 14.0. The minimum Gasteiger partial charge on any atom is -0.497 e. The van der Waals surface area contributed by atoms with Crippen LogP contribution in [0.3, 0.4) is 0 Å². The summed E-state index contributed by atoms with van der Waals surface area (Å²) in [6.07, 6.45) is 0. The van der Waals surface area contributed by atoms with Crippen molar-refractivity contribution in [3.05, 3.63) is 24.3 Å². The van der Waals surface area contributed by atoms with Crippen LogP contribution >= 0.6 is 35.3 Å². The largest absolute Gasteiger partial charge is 0.497 e. The van der Waals surface area contributed by atoms with E-state index in [1.54, 1.807) is 47.3 Å². The molecule has 0 unspecified atom stereocenters. The van der Waals surface area contributed by atoms with Crippen molar-refractivity contribution in [1.29, 1.82) is 0 Å². The maximum atomic E-state index is 12.3. The molecule has 1 aromatic heterocycles. The van der Waals surface area contributed by atoms with Gasteiger partial charge < -0.3 is 9.15 Å². The summed E-state index contributed by atoms with van der Waals surface area (Å²) in [5, 5.41) is 8.20. The SMILES string of the molecule is COc1ccc(-c2nnc(N3C(=O)CSC34SCCS4)o2)cc1. The van der Waals surface area contributed by atoms with Gasteiger partial charge in [-0.25, -0.2) is 4.90 Å². The lowest BCUT2D eigenvalue weighted by molar-refractivity contribution is -0.115. The molecule has 3 heterocycles. The number of methoxy groups -OCH3 is 1. The third-order valence-electron chi connectivity index (χ3n) is 3.50. The molecule has 2 aliphatic rings. The summed E-state index contributed by atoms with van der Waals surface area (Å²) in [6, 6.07) is 7.64. The molecule has 0 saturated carbocycles. The van der Waals surface area contributed by atoms with E-state index in [0.717, 1.165) is 22.8 Å². The van der Waals surface area contributed by atoms with Gasteiger partial charge in [0.05, 0.1) is 12.9 Å². The highest BCUT2D eigenvalue weighted by atomic mass is 32.3. The van der Waals surface area contributed by atoms with Gasteiger partial charge in [-0.15, -0.1) is 40.4 Å². The smallest absolute Gasteiger partial charge is 0.327 e. The van der Waals surface area contributed by atoms with Gasteiger partial charge in [0.15, 0.2) is 3.54 Å². The normalized spacial score (nSPS) is 19.7. The van der Waals surface area contributed by atoms with Crippen molar-refractivity contribution in [3.63, 3.8) is 0 Å². The van der Waals surface area contributed by atoms with Crippen molar-refractivity contribution in [1.82, 2.24) is 10.2 Å². The first-order valence-corrected chi connectivity index (χ1v) is 9.90. The van der Waals surface area contributed by atoms with Crippen LogP contribution in [0.15, 0.2) is 28.7 Å². The molecule has 0 radical (unpaired) electrons. The molecule has 2 aromatic rings. The van der Waals surface area contributed by atoms with E-state index in [9.17, 15) is 4.79 Å². The summed E-state index contributed by atoms with van der Waals surface area (Å²) < 4.78 is 10.6. The molecule has 1 amide bonds. The van der Waals surface area contributed by atoms with Gasteiger partial charge in [0.25, 0.3) is 0 Å². The Bertz CT molecular complexity index is 728. The summed E-state index contributed by atoms with van der Waals surface area (Å²) in [5.41, 5.74) is 0.796. The first kappa shape index (κ1) is 15.2. The number of nitrogens with zero attached hydrogens (tertiary/aromatic N) is 3. The summed E-state index contributed by atoms with van der Waals surface area (Å²) >= 11 is 5.14. The van der Waals surface area contributed by atoms with Gasteiger partial charge in [-0.05, 0) is 24.3 Å². The number of thioether (sulfide) groups is 3. The van der Waals surface area contributed by atoms with Crippen molar-refractivity contribution < 1.29 is 13.9 Å². The van der Waals surface area contributed by atoms with Crippen LogP contribution in [0.5, 0.6) is 5.75 Å². The van der Waals surface area contributed by atoms with Gasteiger partial charge in [-0.1, -0.05) is 5.10 Å². The van der Waals surface area contributed by atoms with Gasteiger partial charge in [0.2, 0.25) is 11.8 Å². The number of benzene rings is 1. The molecule has 2 aliphatic heterocycles. The molecule has 0 aliphatic carbocycles. The monoisotopic (exact) mass is 367 g/mol. The number of carbonyl (C=O) groups is 1. The van der Waals surface area contributed by atoms with Crippen LogP contribution in [0.1, 0.15) is 0 Å². The minimum atomic E-state index is -0.346. The van der Waals surface area contributed by atoms with Crippen molar-refractivity contribution in [3.8, 4) is 17.2 Å². The lowest BCUT2D eigenvalue weighted by Crippen LogP contribution is -2.38. The third-order valence-corrected chi connectivity index (χ3v) is 8.73. The number of hydrogen-bond donors (Lipinski definition) is 0. The zero-order valence-corrected chi connectivity index (χ0v) is 14.7. The fourth-order valence-corrected chi connectivity index (χ4v) is 7.31. The molecule has 0 atom stereocenters. The van der Waals surface area contributed by atoms with Crippen molar-refractivity contribution in [2.45, 2.75) is 3.54 Å². The maximum absolute atomic E-state index is 12.3. The molecule has 1 aromatic carbocycles. The van der Waals surface area contributed by atoms with Crippen LogP contribution in [0.2, 0.25) is 0 Å². The zero-order chi connectivity index (χ0) is 15.9. The minimum absolute atomic E-state index is 0.0156. The molecule has 0 bridgehead atoms. The molecule has 0 N–H and O–H groups in total. The second-order valence-electron chi connectivity index (χ2n) is 4.86. The van der Waals surface area contributed by atoms with Gasteiger partial charge >= 0.3 is 6.01 Å². The van der Waals surface area contributed by atoms with Gasteiger partial charge in [-0.3, -0.25) is 4.79 Å². The number of anilines is 1. The Morgan fingerprint density at radius 1 is 1.17 bits per heavy atom. The molecule has 6 nitrogen and oxygen atoms in total. The lowest BCUT2D eigenvalue weighted by Gasteiger charge is -2.28. The van der Waals surface area contributed by atoms with Crippen LogP contribution in [0.25, 0.3) is 11.5 Å². The van der Waals surface area contributed by atoms with E-state index in [1.807, 2.05) is 24.3 Å². The average molecular weight is 367 g/mol. The summed E-state index contributed by atoms with van der Waals surface area (Å²) in [6.45, 7) is 0.